The van der Waals surface area contributed by atoms with Crippen molar-refractivity contribution in [3.05, 3.63) is 41.3 Å². The lowest BCUT2D eigenvalue weighted by atomic mass is 9.90. The Bertz CT molecular complexity index is 577. The lowest BCUT2D eigenvalue weighted by Crippen LogP contribution is -2.36. The molecular weight excluding hydrogens is 238 g/mol. The standard InChI is InChI=1S/C16H17NS/c1-2-6-15-13(5-1)10-16(18-15)14-8-7-12-4-3-9-17(14)11-12/h1-2,5-6,8,10,12H,3-4,7,9,11H2. The van der Waals surface area contributed by atoms with E-state index in [1.165, 1.54) is 53.0 Å². The molecule has 1 atom stereocenters. The van der Waals surface area contributed by atoms with Crippen molar-refractivity contribution in [2.24, 2.45) is 5.92 Å². The molecule has 92 valence electrons. The van der Waals surface area contributed by atoms with Gasteiger partial charge in [0, 0.05) is 17.8 Å². The van der Waals surface area contributed by atoms with E-state index in [1.54, 1.807) is 0 Å². The fraction of sp³-hybridized carbons (Fsp3) is 0.375. The van der Waals surface area contributed by atoms with Gasteiger partial charge in [0.25, 0.3) is 0 Å². The molecule has 1 aromatic carbocycles. The quantitative estimate of drug-likeness (QED) is 0.732. The van der Waals surface area contributed by atoms with Crippen LogP contribution >= 0.6 is 11.3 Å². The number of allylic oxidation sites excluding steroid dienone is 1. The highest BCUT2D eigenvalue weighted by atomic mass is 32.1. The predicted octanol–water partition coefficient (Wildman–Crippen LogP) is 4.36. The SMILES string of the molecule is C1=C(c2cc3ccccc3s2)N2CCCC(C1)C2. The first kappa shape index (κ1) is 10.6. The Balaban J connectivity index is 1.77. The van der Waals surface area contributed by atoms with Crippen LogP contribution in [0.3, 0.4) is 0 Å². The lowest BCUT2D eigenvalue weighted by Gasteiger charge is -2.39. The normalized spacial score (nSPS) is 23.2. The van der Waals surface area contributed by atoms with Gasteiger partial charge >= 0.3 is 0 Å². The van der Waals surface area contributed by atoms with Gasteiger partial charge in [-0.15, -0.1) is 11.3 Å². The third kappa shape index (κ3) is 1.67. The topological polar surface area (TPSA) is 3.24 Å². The van der Waals surface area contributed by atoms with Gasteiger partial charge in [0.05, 0.1) is 10.6 Å². The van der Waals surface area contributed by atoms with Crippen LogP contribution in [0.2, 0.25) is 0 Å². The summed E-state index contributed by atoms with van der Waals surface area (Å²) in [5.41, 5.74) is 1.49. The molecule has 2 aliphatic heterocycles. The first-order valence-electron chi connectivity index (χ1n) is 6.84. The van der Waals surface area contributed by atoms with Crippen molar-refractivity contribution in [1.29, 1.82) is 0 Å². The van der Waals surface area contributed by atoms with Crippen LogP contribution in [0.1, 0.15) is 24.1 Å². The number of hydrogen-bond donors (Lipinski definition) is 0. The zero-order valence-electron chi connectivity index (χ0n) is 10.4. The van der Waals surface area contributed by atoms with Crippen LogP contribution in [0, 0.1) is 5.92 Å². The van der Waals surface area contributed by atoms with Crippen molar-refractivity contribution in [2.45, 2.75) is 19.3 Å². The van der Waals surface area contributed by atoms with Crippen molar-refractivity contribution in [2.75, 3.05) is 13.1 Å². The first-order valence-corrected chi connectivity index (χ1v) is 7.66. The van der Waals surface area contributed by atoms with Gasteiger partial charge < -0.3 is 4.90 Å². The van der Waals surface area contributed by atoms with Gasteiger partial charge in [-0.3, -0.25) is 0 Å². The van der Waals surface area contributed by atoms with Crippen LogP contribution in [0.25, 0.3) is 15.8 Å². The molecule has 0 saturated carbocycles. The summed E-state index contributed by atoms with van der Waals surface area (Å²) in [5, 5.41) is 1.39. The van der Waals surface area contributed by atoms with Gasteiger partial charge in [-0.25, -0.2) is 0 Å². The van der Waals surface area contributed by atoms with Crippen LogP contribution in [0.5, 0.6) is 0 Å². The molecule has 0 amide bonds. The molecule has 1 saturated heterocycles. The molecule has 18 heavy (non-hydrogen) atoms. The molecule has 2 aromatic rings. The highest BCUT2D eigenvalue weighted by molar-refractivity contribution is 7.20. The fourth-order valence-electron chi connectivity index (χ4n) is 3.25. The highest BCUT2D eigenvalue weighted by Crippen LogP contribution is 2.37. The van der Waals surface area contributed by atoms with Gasteiger partial charge in [0.15, 0.2) is 0 Å². The maximum Gasteiger partial charge on any atom is 0.0513 e. The minimum atomic E-state index is 0.914. The number of benzene rings is 1. The monoisotopic (exact) mass is 255 g/mol. The number of fused-ring (bicyclic) bond motifs is 3. The van der Waals surface area contributed by atoms with E-state index >= 15 is 0 Å². The maximum absolute atomic E-state index is 2.60. The summed E-state index contributed by atoms with van der Waals surface area (Å²) < 4.78 is 1.41. The second kappa shape index (κ2) is 4.13. The van der Waals surface area contributed by atoms with Crippen LogP contribution in [0.4, 0.5) is 0 Å². The summed E-state index contributed by atoms with van der Waals surface area (Å²) in [7, 11) is 0. The van der Waals surface area contributed by atoms with Gasteiger partial charge in [-0.05, 0) is 42.7 Å². The Labute approximate surface area is 112 Å². The molecule has 2 aliphatic rings. The Morgan fingerprint density at radius 2 is 2.17 bits per heavy atom. The second-order valence-electron chi connectivity index (χ2n) is 5.43. The molecule has 4 rings (SSSR count). The number of nitrogens with zero attached hydrogens (tertiary/aromatic N) is 1. The summed E-state index contributed by atoms with van der Waals surface area (Å²) in [6.07, 6.45) is 6.54. The van der Waals surface area contributed by atoms with Crippen LogP contribution in [0.15, 0.2) is 36.4 Å². The lowest BCUT2D eigenvalue weighted by molar-refractivity contribution is 0.234. The van der Waals surface area contributed by atoms with E-state index in [1.807, 2.05) is 11.3 Å². The third-order valence-electron chi connectivity index (χ3n) is 4.18. The first-order chi connectivity index (χ1) is 8.90. The Morgan fingerprint density at radius 1 is 1.22 bits per heavy atom. The van der Waals surface area contributed by atoms with E-state index in [9.17, 15) is 0 Å². The zero-order valence-corrected chi connectivity index (χ0v) is 11.2. The molecular formula is C16H17NS. The van der Waals surface area contributed by atoms with Crippen LogP contribution in [-0.4, -0.2) is 18.0 Å². The molecule has 1 nitrogen and oxygen atoms in total. The largest absolute Gasteiger partial charge is 0.370 e. The second-order valence-corrected chi connectivity index (χ2v) is 6.51. The summed E-state index contributed by atoms with van der Waals surface area (Å²) in [5.74, 6) is 0.914. The molecule has 1 unspecified atom stereocenters. The molecule has 0 radical (unpaired) electrons. The summed E-state index contributed by atoms with van der Waals surface area (Å²) >= 11 is 1.94. The minimum Gasteiger partial charge on any atom is -0.370 e. The Kier molecular flexibility index (Phi) is 2.44. The molecule has 0 aliphatic carbocycles. The molecule has 1 aromatic heterocycles. The van der Waals surface area contributed by atoms with Crippen molar-refractivity contribution >= 4 is 27.1 Å². The van der Waals surface area contributed by atoms with E-state index in [-0.39, 0.29) is 0 Å². The number of thiophene rings is 1. The van der Waals surface area contributed by atoms with Crippen molar-refractivity contribution in [3.63, 3.8) is 0 Å². The number of hydrogen-bond acceptors (Lipinski definition) is 2. The molecule has 2 bridgehead atoms. The minimum absolute atomic E-state index is 0.914. The molecule has 2 heteroatoms. The maximum atomic E-state index is 2.60. The Morgan fingerprint density at radius 3 is 3.11 bits per heavy atom. The zero-order chi connectivity index (χ0) is 11.9. The van der Waals surface area contributed by atoms with E-state index in [4.69, 9.17) is 0 Å². The van der Waals surface area contributed by atoms with Crippen molar-refractivity contribution in [3.8, 4) is 0 Å². The van der Waals surface area contributed by atoms with Crippen LogP contribution < -0.4 is 0 Å². The summed E-state index contributed by atoms with van der Waals surface area (Å²) in [6, 6.07) is 11.1. The van der Waals surface area contributed by atoms with Crippen molar-refractivity contribution in [1.82, 2.24) is 4.90 Å². The van der Waals surface area contributed by atoms with E-state index < -0.39 is 0 Å². The molecule has 3 heterocycles. The summed E-state index contributed by atoms with van der Waals surface area (Å²) in [6.45, 7) is 2.52. The smallest absolute Gasteiger partial charge is 0.0513 e. The van der Waals surface area contributed by atoms with Gasteiger partial charge in [-0.2, -0.15) is 0 Å². The third-order valence-corrected chi connectivity index (χ3v) is 5.32. The number of rotatable bonds is 1. The highest BCUT2D eigenvalue weighted by Gasteiger charge is 2.26. The van der Waals surface area contributed by atoms with E-state index in [0.717, 1.165) is 5.92 Å². The molecule has 0 spiro atoms. The van der Waals surface area contributed by atoms with Crippen molar-refractivity contribution < 1.29 is 0 Å². The fourth-order valence-corrected chi connectivity index (χ4v) is 4.38. The van der Waals surface area contributed by atoms with Gasteiger partial charge in [0.1, 0.15) is 0 Å². The molecule has 1 fully saturated rings. The average molecular weight is 255 g/mol. The predicted molar refractivity (Wildman–Crippen MR) is 78.7 cm³/mol. The molecule has 0 N–H and O–H groups in total. The van der Waals surface area contributed by atoms with Crippen LogP contribution in [-0.2, 0) is 0 Å². The van der Waals surface area contributed by atoms with Gasteiger partial charge in [-0.1, -0.05) is 24.3 Å². The van der Waals surface area contributed by atoms with Gasteiger partial charge in [0.2, 0.25) is 0 Å². The Hall–Kier alpha value is -1.28. The van der Waals surface area contributed by atoms with E-state index in [0.29, 0.717) is 0 Å². The average Bonchev–Trinajstić information content (AvgIpc) is 2.82. The number of piperidine rings is 1. The summed E-state index contributed by atoms with van der Waals surface area (Å²) in [4.78, 5) is 4.05. The van der Waals surface area contributed by atoms with E-state index in [2.05, 4.69) is 41.3 Å².